The van der Waals surface area contributed by atoms with Gasteiger partial charge in [-0.2, -0.15) is 5.26 Å². The predicted octanol–water partition coefficient (Wildman–Crippen LogP) is 0.370. The first kappa shape index (κ1) is 13.4. The van der Waals surface area contributed by atoms with E-state index in [1.165, 1.54) is 0 Å². The maximum Gasteiger partial charge on any atom is 0.108 e. The molecule has 16 heavy (non-hydrogen) atoms. The molecule has 92 valence electrons. The van der Waals surface area contributed by atoms with Crippen molar-refractivity contribution in [2.75, 3.05) is 40.3 Å². The summed E-state index contributed by atoms with van der Waals surface area (Å²) in [5, 5.41) is 12.2. The van der Waals surface area contributed by atoms with Crippen LogP contribution in [0.2, 0.25) is 0 Å². The molecular weight excluding hydrogens is 200 g/mol. The summed E-state index contributed by atoms with van der Waals surface area (Å²) in [5.74, 6) is 0.691. The number of nitriles is 1. The number of hydrogen-bond donors (Lipinski definition) is 1. The standard InChI is InChI=1S/C12H24N4/c1-5-14-11(6-13)8-16-7-10(2)12(9-16)15(3)4/h10-12,14H,5,7-9H2,1-4H3. The van der Waals surface area contributed by atoms with E-state index in [0.717, 1.165) is 26.2 Å². The Hall–Kier alpha value is -0.630. The Bertz CT molecular complexity index is 246. The van der Waals surface area contributed by atoms with E-state index in [-0.39, 0.29) is 6.04 Å². The first-order valence-corrected chi connectivity index (χ1v) is 6.10. The van der Waals surface area contributed by atoms with Crippen LogP contribution in [-0.2, 0) is 0 Å². The van der Waals surface area contributed by atoms with Crippen LogP contribution in [0, 0.1) is 17.2 Å². The Morgan fingerprint density at radius 3 is 2.62 bits per heavy atom. The van der Waals surface area contributed by atoms with Gasteiger partial charge >= 0.3 is 0 Å². The lowest BCUT2D eigenvalue weighted by atomic mass is 10.1. The molecule has 1 heterocycles. The highest BCUT2D eigenvalue weighted by atomic mass is 15.2. The smallest absolute Gasteiger partial charge is 0.108 e. The van der Waals surface area contributed by atoms with Crippen molar-refractivity contribution < 1.29 is 0 Å². The van der Waals surface area contributed by atoms with Crippen molar-refractivity contribution in [1.82, 2.24) is 15.1 Å². The molecule has 3 atom stereocenters. The Morgan fingerprint density at radius 2 is 2.19 bits per heavy atom. The molecule has 3 unspecified atom stereocenters. The van der Waals surface area contributed by atoms with Crippen LogP contribution in [0.4, 0.5) is 0 Å². The average Bonchev–Trinajstić information content (AvgIpc) is 2.59. The molecule has 0 aromatic carbocycles. The summed E-state index contributed by atoms with van der Waals surface area (Å²) in [4.78, 5) is 4.69. The van der Waals surface area contributed by atoms with E-state index in [1.54, 1.807) is 0 Å². The summed E-state index contributed by atoms with van der Waals surface area (Å²) in [6, 6.07) is 2.92. The third-order valence-electron chi connectivity index (χ3n) is 3.36. The number of nitrogens with zero attached hydrogens (tertiary/aromatic N) is 3. The van der Waals surface area contributed by atoms with E-state index >= 15 is 0 Å². The Kier molecular flexibility index (Phi) is 5.20. The zero-order valence-corrected chi connectivity index (χ0v) is 10.9. The molecule has 1 aliphatic rings. The molecule has 1 rings (SSSR count). The number of rotatable bonds is 5. The van der Waals surface area contributed by atoms with Gasteiger partial charge in [0, 0.05) is 25.7 Å². The molecule has 0 aliphatic carbocycles. The van der Waals surface area contributed by atoms with E-state index in [9.17, 15) is 0 Å². The number of likely N-dealkylation sites (N-methyl/N-ethyl adjacent to an activating group) is 2. The zero-order chi connectivity index (χ0) is 12.1. The van der Waals surface area contributed by atoms with Gasteiger partial charge in [-0.3, -0.25) is 4.90 Å². The Labute approximate surface area is 99.2 Å². The summed E-state index contributed by atoms with van der Waals surface area (Å²) in [6.07, 6.45) is 0. The largest absolute Gasteiger partial charge is 0.305 e. The fraction of sp³-hybridized carbons (Fsp3) is 0.917. The van der Waals surface area contributed by atoms with Gasteiger partial charge in [-0.15, -0.1) is 0 Å². The predicted molar refractivity (Wildman–Crippen MR) is 66.2 cm³/mol. The normalized spacial score (nSPS) is 28.2. The van der Waals surface area contributed by atoms with Crippen LogP contribution in [-0.4, -0.2) is 62.2 Å². The minimum atomic E-state index is -0.0295. The molecule has 1 saturated heterocycles. The monoisotopic (exact) mass is 224 g/mol. The van der Waals surface area contributed by atoms with Crippen LogP contribution in [0.25, 0.3) is 0 Å². The maximum atomic E-state index is 9.01. The minimum Gasteiger partial charge on any atom is -0.305 e. The first-order valence-electron chi connectivity index (χ1n) is 6.10. The second-order valence-corrected chi connectivity index (χ2v) is 4.97. The highest BCUT2D eigenvalue weighted by Gasteiger charge is 2.31. The van der Waals surface area contributed by atoms with E-state index in [1.807, 2.05) is 6.92 Å². The molecule has 4 heteroatoms. The third kappa shape index (κ3) is 3.44. The first-order chi connectivity index (χ1) is 7.58. The Morgan fingerprint density at radius 1 is 1.50 bits per heavy atom. The molecule has 1 aliphatic heterocycles. The number of nitrogens with one attached hydrogen (secondary N) is 1. The summed E-state index contributed by atoms with van der Waals surface area (Å²) in [7, 11) is 4.27. The quantitative estimate of drug-likeness (QED) is 0.733. The van der Waals surface area contributed by atoms with Gasteiger partial charge in [0.1, 0.15) is 6.04 Å². The molecule has 0 spiro atoms. The number of likely N-dealkylation sites (tertiary alicyclic amines) is 1. The van der Waals surface area contributed by atoms with E-state index in [2.05, 4.69) is 42.2 Å². The topological polar surface area (TPSA) is 42.3 Å². The summed E-state index contributed by atoms with van der Waals surface area (Å²) in [5.41, 5.74) is 0. The molecule has 4 nitrogen and oxygen atoms in total. The molecular formula is C12H24N4. The zero-order valence-electron chi connectivity index (χ0n) is 10.9. The molecule has 0 amide bonds. The van der Waals surface area contributed by atoms with Crippen LogP contribution in [0.5, 0.6) is 0 Å². The minimum absolute atomic E-state index is 0.0295. The van der Waals surface area contributed by atoms with Crippen molar-refractivity contribution in [2.24, 2.45) is 5.92 Å². The Balaban J connectivity index is 2.43. The second-order valence-electron chi connectivity index (χ2n) is 4.97. The van der Waals surface area contributed by atoms with Gasteiger partial charge in [0.25, 0.3) is 0 Å². The third-order valence-corrected chi connectivity index (χ3v) is 3.36. The fourth-order valence-corrected chi connectivity index (χ4v) is 2.52. The highest BCUT2D eigenvalue weighted by molar-refractivity contribution is 4.95. The molecule has 0 aromatic heterocycles. The summed E-state index contributed by atoms with van der Waals surface area (Å²) >= 11 is 0. The van der Waals surface area contributed by atoms with Crippen LogP contribution < -0.4 is 5.32 Å². The molecule has 1 fully saturated rings. The molecule has 0 bridgehead atoms. The van der Waals surface area contributed by atoms with Crippen molar-refractivity contribution in [3.8, 4) is 6.07 Å². The molecule has 0 saturated carbocycles. The second kappa shape index (κ2) is 6.19. The van der Waals surface area contributed by atoms with Gasteiger partial charge in [-0.1, -0.05) is 13.8 Å². The van der Waals surface area contributed by atoms with Crippen molar-refractivity contribution in [3.05, 3.63) is 0 Å². The van der Waals surface area contributed by atoms with Crippen LogP contribution >= 0.6 is 0 Å². The van der Waals surface area contributed by atoms with Crippen LogP contribution in [0.1, 0.15) is 13.8 Å². The highest BCUT2D eigenvalue weighted by Crippen LogP contribution is 2.19. The van der Waals surface area contributed by atoms with Crippen molar-refractivity contribution in [1.29, 1.82) is 5.26 Å². The van der Waals surface area contributed by atoms with Crippen LogP contribution in [0.15, 0.2) is 0 Å². The summed E-state index contributed by atoms with van der Waals surface area (Å²) < 4.78 is 0. The number of hydrogen-bond acceptors (Lipinski definition) is 4. The van der Waals surface area contributed by atoms with Crippen molar-refractivity contribution in [3.63, 3.8) is 0 Å². The van der Waals surface area contributed by atoms with Crippen LogP contribution in [0.3, 0.4) is 0 Å². The van der Waals surface area contributed by atoms with Crippen molar-refractivity contribution >= 4 is 0 Å². The van der Waals surface area contributed by atoms with E-state index in [0.29, 0.717) is 12.0 Å². The van der Waals surface area contributed by atoms with E-state index in [4.69, 9.17) is 5.26 Å². The maximum absolute atomic E-state index is 9.01. The van der Waals surface area contributed by atoms with Gasteiger partial charge in [-0.05, 0) is 26.6 Å². The fourth-order valence-electron chi connectivity index (χ4n) is 2.52. The lowest BCUT2D eigenvalue weighted by Gasteiger charge is -2.23. The summed E-state index contributed by atoms with van der Waals surface area (Å²) in [6.45, 7) is 8.22. The average molecular weight is 224 g/mol. The van der Waals surface area contributed by atoms with Crippen molar-refractivity contribution in [2.45, 2.75) is 25.9 Å². The molecule has 1 N–H and O–H groups in total. The lowest BCUT2D eigenvalue weighted by Crippen LogP contribution is -2.40. The van der Waals surface area contributed by atoms with Gasteiger partial charge in [0.15, 0.2) is 0 Å². The van der Waals surface area contributed by atoms with Gasteiger partial charge < -0.3 is 10.2 Å². The van der Waals surface area contributed by atoms with Gasteiger partial charge in [0.05, 0.1) is 6.07 Å². The molecule has 0 aromatic rings. The SMILES string of the molecule is CCNC(C#N)CN1CC(C)C(N(C)C)C1. The van der Waals surface area contributed by atoms with Gasteiger partial charge in [-0.25, -0.2) is 0 Å². The molecule has 0 radical (unpaired) electrons. The van der Waals surface area contributed by atoms with Gasteiger partial charge in [0.2, 0.25) is 0 Å². The van der Waals surface area contributed by atoms with E-state index < -0.39 is 0 Å². The lowest BCUT2D eigenvalue weighted by molar-refractivity contribution is 0.248.